The molecule has 0 aromatic rings. The lowest BCUT2D eigenvalue weighted by Gasteiger charge is -2.62. The summed E-state index contributed by atoms with van der Waals surface area (Å²) in [5, 5.41) is 30.5. The number of carbonyl (C=O) groups excluding carboxylic acids is 4. The standard InChI is InChI=1S/C30H39FN2O13/c1-18-14-22-21-9-8-19-15-20(34)10-11-27(19,2)29(21,31)23(35)16-28(22,3)30(18,46-26(38)7-5-13-45-33(41)42)24(36)17-43-25(37)6-4-12-44-32(39)40/h8,10-11,18,21-23,35H,4-7,9,12-17H2,1-3H3/t18-,21?,22?,23-,27-,28-,29-,30-/m0/s1. The fourth-order valence-corrected chi connectivity index (χ4v) is 8.57. The molecule has 254 valence electrons. The lowest BCUT2D eigenvalue weighted by molar-refractivity contribution is -0.757. The Morgan fingerprint density at radius 3 is 2.26 bits per heavy atom. The van der Waals surface area contributed by atoms with Gasteiger partial charge in [0.15, 0.2) is 23.7 Å². The molecule has 8 atom stereocenters. The zero-order chi connectivity index (χ0) is 34.1. The van der Waals surface area contributed by atoms with Crippen molar-refractivity contribution in [3.63, 3.8) is 0 Å². The molecule has 0 bridgehead atoms. The van der Waals surface area contributed by atoms with Gasteiger partial charge in [-0.15, -0.1) is 20.2 Å². The molecule has 2 saturated carbocycles. The van der Waals surface area contributed by atoms with E-state index in [9.17, 15) is 44.5 Å². The Labute approximate surface area is 263 Å². The maximum absolute atomic E-state index is 17.6. The van der Waals surface area contributed by atoms with Crippen molar-refractivity contribution in [1.82, 2.24) is 0 Å². The molecule has 0 heterocycles. The van der Waals surface area contributed by atoms with Crippen LogP contribution in [0.25, 0.3) is 0 Å². The van der Waals surface area contributed by atoms with Gasteiger partial charge in [-0.1, -0.05) is 31.6 Å². The van der Waals surface area contributed by atoms with Crippen LogP contribution < -0.4 is 0 Å². The highest BCUT2D eigenvalue weighted by atomic mass is 19.1. The van der Waals surface area contributed by atoms with Gasteiger partial charge >= 0.3 is 11.9 Å². The summed E-state index contributed by atoms with van der Waals surface area (Å²) in [6.07, 6.45) is 2.32. The lowest BCUT2D eigenvalue weighted by atomic mass is 9.45. The van der Waals surface area contributed by atoms with Crippen molar-refractivity contribution in [3.8, 4) is 0 Å². The number of carbonyl (C=O) groups is 4. The van der Waals surface area contributed by atoms with Gasteiger partial charge in [-0.25, -0.2) is 4.39 Å². The van der Waals surface area contributed by atoms with E-state index in [2.05, 4.69) is 9.68 Å². The molecule has 46 heavy (non-hydrogen) atoms. The van der Waals surface area contributed by atoms with Crippen molar-refractivity contribution in [2.45, 2.75) is 89.5 Å². The van der Waals surface area contributed by atoms with Crippen LogP contribution in [0.15, 0.2) is 23.8 Å². The molecule has 4 aliphatic carbocycles. The predicted molar refractivity (Wildman–Crippen MR) is 152 cm³/mol. The molecule has 2 fully saturated rings. The number of Topliss-reactive ketones (excluding diaryl/α,β-unsaturated/α-hetero) is 1. The number of aliphatic hydroxyl groups excluding tert-OH is 1. The molecular formula is C30H39FN2O13. The van der Waals surface area contributed by atoms with E-state index in [1.54, 1.807) is 20.8 Å². The molecule has 15 nitrogen and oxygen atoms in total. The van der Waals surface area contributed by atoms with E-state index in [4.69, 9.17) is 9.47 Å². The highest BCUT2D eigenvalue weighted by Crippen LogP contribution is 2.71. The zero-order valence-corrected chi connectivity index (χ0v) is 25.9. The first kappa shape index (κ1) is 34.9. The van der Waals surface area contributed by atoms with Gasteiger partial charge in [0.1, 0.15) is 0 Å². The van der Waals surface area contributed by atoms with E-state index in [1.165, 1.54) is 12.2 Å². The Hall–Kier alpha value is -3.95. The molecule has 2 unspecified atom stereocenters. The van der Waals surface area contributed by atoms with Crippen LogP contribution in [0.2, 0.25) is 0 Å². The fourth-order valence-electron chi connectivity index (χ4n) is 8.57. The Bertz CT molecular complexity index is 1350. The molecule has 0 aliphatic heterocycles. The first-order chi connectivity index (χ1) is 21.5. The van der Waals surface area contributed by atoms with E-state index in [0.717, 1.165) is 0 Å². The smallest absolute Gasteiger partial charge is 0.306 e. The summed E-state index contributed by atoms with van der Waals surface area (Å²) >= 11 is 0. The van der Waals surface area contributed by atoms with Crippen LogP contribution in [0.3, 0.4) is 0 Å². The average Bonchev–Trinajstić information content (AvgIpc) is 3.19. The molecule has 1 N–H and O–H groups in total. The normalized spacial score (nSPS) is 35.9. The lowest BCUT2D eigenvalue weighted by Crippen LogP contribution is -2.69. The first-order valence-electron chi connectivity index (χ1n) is 15.3. The number of nitrogens with zero attached hydrogens (tertiary/aromatic N) is 2. The topological polar surface area (TPSA) is 212 Å². The molecule has 4 aliphatic rings. The minimum atomic E-state index is -2.21. The maximum atomic E-state index is 17.6. The second kappa shape index (κ2) is 13.0. The third-order valence-corrected chi connectivity index (χ3v) is 10.6. The Morgan fingerprint density at radius 2 is 1.65 bits per heavy atom. The van der Waals surface area contributed by atoms with Crippen molar-refractivity contribution in [3.05, 3.63) is 44.0 Å². The molecule has 4 rings (SSSR count). The largest absolute Gasteiger partial charge is 0.457 e. The van der Waals surface area contributed by atoms with Crippen LogP contribution in [0.1, 0.15) is 72.1 Å². The second-order valence-corrected chi connectivity index (χ2v) is 13.0. The fraction of sp³-hybridized carbons (Fsp3) is 0.733. The summed E-state index contributed by atoms with van der Waals surface area (Å²) in [4.78, 5) is 81.2. The number of hydrogen-bond donors (Lipinski definition) is 1. The number of alkyl halides is 1. The summed E-state index contributed by atoms with van der Waals surface area (Å²) in [6, 6.07) is 0. The van der Waals surface area contributed by atoms with E-state index < -0.39 is 87.1 Å². The van der Waals surface area contributed by atoms with Gasteiger partial charge < -0.3 is 24.3 Å². The van der Waals surface area contributed by atoms with Crippen LogP contribution in [0.4, 0.5) is 4.39 Å². The van der Waals surface area contributed by atoms with Gasteiger partial charge in [0.05, 0.1) is 19.3 Å². The van der Waals surface area contributed by atoms with Crippen molar-refractivity contribution >= 4 is 23.5 Å². The number of allylic oxidation sites excluding steroid dienone is 4. The van der Waals surface area contributed by atoms with Crippen molar-refractivity contribution in [1.29, 1.82) is 0 Å². The van der Waals surface area contributed by atoms with Crippen LogP contribution in [0.5, 0.6) is 0 Å². The Morgan fingerprint density at radius 1 is 1.04 bits per heavy atom. The number of fused-ring (bicyclic) bond motifs is 5. The molecule has 0 spiro atoms. The van der Waals surface area contributed by atoms with Crippen LogP contribution in [-0.2, 0) is 38.3 Å². The number of aliphatic hydroxyl groups is 1. The summed E-state index contributed by atoms with van der Waals surface area (Å²) in [5.41, 5.74) is -6.23. The van der Waals surface area contributed by atoms with Gasteiger partial charge in [0.2, 0.25) is 5.78 Å². The predicted octanol–water partition coefficient (Wildman–Crippen LogP) is 2.97. The number of halogens is 1. The summed E-state index contributed by atoms with van der Waals surface area (Å²) < 4.78 is 28.8. The Balaban J connectivity index is 1.64. The highest BCUT2D eigenvalue weighted by Gasteiger charge is 2.77. The van der Waals surface area contributed by atoms with Gasteiger partial charge in [-0.3, -0.25) is 19.2 Å². The van der Waals surface area contributed by atoms with Crippen LogP contribution >= 0.6 is 0 Å². The van der Waals surface area contributed by atoms with Crippen LogP contribution in [-0.4, -0.2) is 76.0 Å². The molecule has 0 amide bonds. The number of ketones is 2. The van der Waals surface area contributed by atoms with Crippen LogP contribution in [0, 0.1) is 48.8 Å². The number of rotatable bonds is 14. The Kier molecular flexibility index (Phi) is 9.90. The van der Waals surface area contributed by atoms with Gasteiger partial charge in [-0.05, 0) is 51.0 Å². The molecular weight excluding hydrogens is 615 g/mol. The van der Waals surface area contributed by atoms with Crippen molar-refractivity contribution < 1.29 is 58.0 Å². The third kappa shape index (κ3) is 5.86. The molecule has 0 radical (unpaired) electrons. The van der Waals surface area contributed by atoms with Crippen molar-refractivity contribution in [2.24, 2.45) is 28.6 Å². The van der Waals surface area contributed by atoms with Gasteiger partial charge in [0, 0.05) is 41.9 Å². The van der Waals surface area contributed by atoms with E-state index in [1.807, 2.05) is 6.08 Å². The summed E-state index contributed by atoms with van der Waals surface area (Å²) in [7, 11) is 0. The summed E-state index contributed by atoms with van der Waals surface area (Å²) in [6.45, 7) is 3.39. The first-order valence-corrected chi connectivity index (χ1v) is 15.3. The highest BCUT2D eigenvalue weighted by molar-refractivity contribution is 5.94. The van der Waals surface area contributed by atoms with Gasteiger partial charge in [0.25, 0.3) is 10.2 Å². The molecule has 16 heteroatoms. The second-order valence-electron chi connectivity index (χ2n) is 13.0. The molecule has 0 saturated heterocycles. The maximum Gasteiger partial charge on any atom is 0.306 e. The minimum absolute atomic E-state index is 0.0279. The summed E-state index contributed by atoms with van der Waals surface area (Å²) in [5.74, 6) is -4.84. The average molecular weight is 655 g/mol. The quantitative estimate of drug-likeness (QED) is 0.0939. The van der Waals surface area contributed by atoms with E-state index >= 15 is 4.39 Å². The monoisotopic (exact) mass is 654 g/mol. The van der Waals surface area contributed by atoms with E-state index in [0.29, 0.717) is 5.57 Å². The SMILES string of the molecule is C[C@H]1CC2C3CC=C4CC(=O)C=C[C@]4(C)[C@@]3(F)[C@@H](O)C[C@]2(C)[C@@]1(OC(=O)CCCO[N+](=O)[O-])C(=O)COC(=O)CCCO[N+](=O)[O-]. The number of hydrogen-bond acceptors (Lipinski definition) is 13. The van der Waals surface area contributed by atoms with E-state index in [-0.39, 0.29) is 63.8 Å². The number of ether oxygens (including phenoxy) is 2. The van der Waals surface area contributed by atoms with Gasteiger partial charge in [-0.2, -0.15) is 0 Å². The minimum Gasteiger partial charge on any atom is -0.457 e. The number of esters is 2. The van der Waals surface area contributed by atoms with Crippen molar-refractivity contribution in [2.75, 3.05) is 19.8 Å². The zero-order valence-electron chi connectivity index (χ0n) is 25.9. The molecule has 0 aromatic carbocycles. The molecule has 0 aromatic heterocycles. The third-order valence-electron chi connectivity index (χ3n) is 10.6.